The van der Waals surface area contributed by atoms with E-state index in [-0.39, 0.29) is 5.75 Å². The minimum absolute atomic E-state index is 0.186. The van der Waals surface area contributed by atoms with Crippen LogP contribution in [0.3, 0.4) is 0 Å². The predicted octanol–water partition coefficient (Wildman–Crippen LogP) is 3.51. The van der Waals surface area contributed by atoms with Crippen LogP contribution in [0.1, 0.15) is 38.2 Å². The Bertz CT molecular complexity index is 435. The summed E-state index contributed by atoms with van der Waals surface area (Å²) in [5.74, 6) is 0.792. The first-order valence-corrected chi connectivity index (χ1v) is 8.81. The van der Waals surface area contributed by atoms with Gasteiger partial charge >= 0.3 is 0 Å². The van der Waals surface area contributed by atoms with Crippen LogP contribution in [0.15, 0.2) is 29.2 Å². The second kappa shape index (κ2) is 7.85. The topological polar surface area (TPSA) is 34.1 Å². The molecule has 0 saturated heterocycles. The molecule has 18 heavy (non-hydrogen) atoms. The molecule has 0 aliphatic heterocycles. The van der Waals surface area contributed by atoms with Gasteiger partial charge in [0.25, 0.3) is 0 Å². The lowest BCUT2D eigenvalue weighted by Gasteiger charge is -2.05. The monoisotopic (exact) mass is 286 g/mol. The molecule has 0 saturated carbocycles. The highest BCUT2D eigenvalue weighted by atomic mass is 32.2. The normalized spacial score (nSPS) is 11.7. The summed E-state index contributed by atoms with van der Waals surface area (Å²) in [5.41, 5.74) is 1.22. The Kier molecular flexibility index (Phi) is 6.79. The van der Waals surface area contributed by atoms with Crippen LogP contribution in [0, 0.1) is 0 Å². The van der Waals surface area contributed by atoms with Crippen LogP contribution >= 0.6 is 12.6 Å². The van der Waals surface area contributed by atoms with Crippen molar-refractivity contribution in [3.05, 3.63) is 29.8 Å². The van der Waals surface area contributed by atoms with Gasteiger partial charge in [-0.2, -0.15) is 12.6 Å². The molecule has 0 bridgehead atoms. The summed E-state index contributed by atoms with van der Waals surface area (Å²) in [4.78, 5) is 0.434. The molecule has 0 fully saturated rings. The van der Waals surface area contributed by atoms with Crippen LogP contribution < -0.4 is 0 Å². The van der Waals surface area contributed by atoms with Gasteiger partial charge in [-0.15, -0.1) is 0 Å². The molecule has 0 unspecified atom stereocenters. The quantitative estimate of drug-likeness (QED) is 0.586. The van der Waals surface area contributed by atoms with E-state index in [1.165, 1.54) is 24.8 Å². The lowest BCUT2D eigenvalue weighted by Crippen LogP contribution is -2.07. The number of rotatable bonds is 8. The van der Waals surface area contributed by atoms with E-state index in [1.54, 1.807) is 12.1 Å². The van der Waals surface area contributed by atoms with Crippen molar-refractivity contribution >= 4 is 22.5 Å². The summed E-state index contributed by atoms with van der Waals surface area (Å²) in [6.45, 7) is 2.18. The van der Waals surface area contributed by atoms with Gasteiger partial charge in [0.05, 0.1) is 10.6 Å². The van der Waals surface area contributed by atoms with E-state index >= 15 is 0 Å². The third-order valence-corrected chi connectivity index (χ3v) is 5.06. The van der Waals surface area contributed by atoms with Gasteiger partial charge in [0.1, 0.15) is 0 Å². The number of hydrogen-bond acceptors (Lipinski definition) is 3. The van der Waals surface area contributed by atoms with Gasteiger partial charge in [0.15, 0.2) is 9.84 Å². The Morgan fingerprint density at radius 3 is 2.28 bits per heavy atom. The molecule has 0 N–H and O–H groups in total. The summed E-state index contributed by atoms with van der Waals surface area (Å²) in [5, 5.41) is 0. The van der Waals surface area contributed by atoms with Crippen molar-refractivity contribution < 1.29 is 8.42 Å². The molecule has 4 heteroatoms. The van der Waals surface area contributed by atoms with Gasteiger partial charge in [-0.05, 0) is 42.7 Å². The van der Waals surface area contributed by atoms with Crippen LogP contribution in [0.2, 0.25) is 0 Å². The molecule has 0 atom stereocenters. The van der Waals surface area contributed by atoms with Crippen molar-refractivity contribution in [1.82, 2.24) is 0 Å². The van der Waals surface area contributed by atoms with Gasteiger partial charge < -0.3 is 0 Å². The van der Waals surface area contributed by atoms with Gasteiger partial charge in [0.2, 0.25) is 0 Å². The molecule has 0 radical (unpaired) electrons. The average Bonchev–Trinajstić information content (AvgIpc) is 2.37. The first-order valence-electron chi connectivity index (χ1n) is 6.52. The molecule has 102 valence electrons. The summed E-state index contributed by atoms with van der Waals surface area (Å²) >= 11 is 4.04. The number of sulfone groups is 1. The van der Waals surface area contributed by atoms with E-state index in [2.05, 4.69) is 19.6 Å². The second-order valence-corrected chi connectivity index (χ2v) is 7.05. The van der Waals surface area contributed by atoms with Gasteiger partial charge in [-0.3, -0.25) is 0 Å². The minimum Gasteiger partial charge on any atom is -0.224 e. The van der Waals surface area contributed by atoms with E-state index < -0.39 is 9.84 Å². The van der Waals surface area contributed by atoms with Crippen molar-refractivity contribution in [2.75, 3.05) is 11.5 Å². The average molecular weight is 286 g/mol. The van der Waals surface area contributed by atoms with Crippen LogP contribution in [-0.4, -0.2) is 19.9 Å². The maximum absolute atomic E-state index is 11.9. The highest BCUT2D eigenvalue weighted by Gasteiger charge is 2.13. The molecule has 1 aromatic rings. The van der Waals surface area contributed by atoms with Crippen molar-refractivity contribution in [3.63, 3.8) is 0 Å². The highest BCUT2D eigenvalue weighted by molar-refractivity contribution is 7.91. The van der Waals surface area contributed by atoms with Gasteiger partial charge in [-0.25, -0.2) is 8.42 Å². The molecular formula is C14H22O2S2. The molecular weight excluding hydrogens is 264 g/mol. The van der Waals surface area contributed by atoms with Crippen LogP contribution in [0.4, 0.5) is 0 Å². The van der Waals surface area contributed by atoms with Crippen molar-refractivity contribution in [2.45, 2.75) is 43.9 Å². The number of hydrogen-bond donors (Lipinski definition) is 1. The number of thiol groups is 1. The largest absolute Gasteiger partial charge is 0.224 e. The van der Waals surface area contributed by atoms with E-state index in [4.69, 9.17) is 0 Å². The summed E-state index contributed by atoms with van der Waals surface area (Å²) < 4.78 is 23.9. The second-order valence-electron chi connectivity index (χ2n) is 4.50. The number of aryl methyl sites for hydroxylation is 1. The van der Waals surface area contributed by atoms with Crippen LogP contribution in [0.5, 0.6) is 0 Å². The Morgan fingerprint density at radius 1 is 1.06 bits per heavy atom. The third kappa shape index (κ3) is 5.02. The van der Waals surface area contributed by atoms with Crippen LogP contribution in [0.25, 0.3) is 0 Å². The summed E-state index contributed by atoms with van der Waals surface area (Å²) in [7, 11) is -3.11. The molecule has 0 spiro atoms. The van der Waals surface area contributed by atoms with Crippen molar-refractivity contribution in [3.8, 4) is 0 Å². The molecule has 2 nitrogen and oxygen atoms in total. The fraction of sp³-hybridized carbons (Fsp3) is 0.571. The Labute approximate surface area is 116 Å². The van der Waals surface area contributed by atoms with Gasteiger partial charge in [0, 0.05) is 0 Å². The Balaban J connectivity index is 2.64. The SMILES string of the molecule is CCCCCc1ccc(S(=O)(=O)CCCS)cc1. The molecule has 0 aromatic heterocycles. The number of unbranched alkanes of at least 4 members (excludes halogenated alkanes) is 2. The zero-order valence-corrected chi connectivity index (χ0v) is 12.6. The maximum atomic E-state index is 11.9. The minimum atomic E-state index is -3.11. The smallest absolute Gasteiger partial charge is 0.178 e. The predicted molar refractivity (Wildman–Crippen MR) is 80.2 cm³/mol. The standard InChI is InChI=1S/C14H22O2S2/c1-2-3-4-6-13-7-9-14(10-8-13)18(15,16)12-5-11-17/h7-10,17H,2-6,11-12H2,1H3. The van der Waals surface area contributed by atoms with Gasteiger partial charge in [-0.1, -0.05) is 31.9 Å². The molecule has 1 rings (SSSR count). The van der Waals surface area contributed by atoms with Crippen molar-refractivity contribution in [2.24, 2.45) is 0 Å². The fourth-order valence-corrected chi connectivity index (χ4v) is 3.50. The van der Waals surface area contributed by atoms with E-state index in [9.17, 15) is 8.42 Å². The van der Waals surface area contributed by atoms with Crippen molar-refractivity contribution in [1.29, 1.82) is 0 Å². The molecule has 0 aliphatic carbocycles. The fourth-order valence-electron chi connectivity index (χ4n) is 1.82. The summed E-state index contributed by atoms with van der Waals surface area (Å²) in [6, 6.07) is 7.33. The lowest BCUT2D eigenvalue weighted by molar-refractivity contribution is 0.595. The number of benzene rings is 1. The summed E-state index contributed by atoms with van der Waals surface area (Å²) in [6.07, 6.45) is 5.23. The lowest BCUT2D eigenvalue weighted by atomic mass is 10.1. The Morgan fingerprint density at radius 2 is 1.72 bits per heavy atom. The zero-order chi connectivity index (χ0) is 13.4. The molecule has 0 amide bonds. The van der Waals surface area contributed by atoms with E-state index in [0.29, 0.717) is 17.1 Å². The molecule has 1 aromatic carbocycles. The highest BCUT2D eigenvalue weighted by Crippen LogP contribution is 2.15. The molecule has 0 aliphatic rings. The first-order chi connectivity index (χ1) is 8.60. The van der Waals surface area contributed by atoms with Crippen LogP contribution in [-0.2, 0) is 16.3 Å². The molecule has 0 heterocycles. The first kappa shape index (κ1) is 15.6. The Hall–Kier alpha value is -0.480. The van der Waals surface area contributed by atoms with E-state index in [1.807, 2.05) is 12.1 Å². The third-order valence-electron chi connectivity index (χ3n) is 2.92. The van der Waals surface area contributed by atoms with E-state index in [0.717, 1.165) is 6.42 Å². The maximum Gasteiger partial charge on any atom is 0.178 e. The zero-order valence-electron chi connectivity index (χ0n) is 10.9.